The Morgan fingerprint density at radius 2 is 0.839 bits per heavy atom. The molecule has 4 aromatic rings. The van der Waals surface area contributed by atoms with Crippen LogP contribution in [0.1, 0.15) is 114 Å². The highest BCUT2D eigenvalue weighted by atomic mass is 16.5. The zero-order valence-corrected chi connectivity index (χ0v) is 36.3. The SMILES string of the molecule is C=CC(=O)OCCCCCCCCOc1cnc(-c2ccc(CO[C@@H]3CCCC[C@H]3OCc3ccc(-c4ncc(OCCCCCCCCOC(=O)C=C)cn4)cc3)cc2)nc1. The molecule has 2 heterocycles. The van der Waals surface area contributed by atoms with Crippen molar-refractivity contribution in [1.82, 2.24) is 19.9 Å². The molecule has 0 spiro atoms. The second-order valence-corrected chi connectivity index (χ2v) is 15.5. The second-order valence-electron chi connectivity index (χ2n) is 15.5. The Labute approximate surface area is 367 Å². The van der Waals surface area contributed by atoms with Crippen molar-refractivity contribution in [2.24, 2.45) is 0 Å². The van der Waals surface area contributed by atoms with E-state index in [1.807, 2.05) is 24.3 Å². The van der Waals surface area contributed by atoms with Crippen LogP contribution in [-0.2, 0) is 41.8 Å². The van der Waals surface area contributed by atoms with Crippen LogP contribution in [-0.4, -0.2) is 70.5 Å². The topological polar surface area (TPSA) is 141 Å². The first-order valence-electron chi connectivity index (χ1n) is 22.4. The fraction of sp³-hybridized carbons (Fsp3) is 0.480. The maximum absolute atomic E-state index is 11.1. The fourth-order valence-electron chi connectivity index (χ4n) is 7.10. The Morgan fingerprint density at radius 1 is 0.500 bits per heavy atom. The summed E-state index contributed by atoms with van der Waals surface area (Å²) in [7, 11) is 0. The molecule has 1 aliphatic rings. The minimum Gasteiger partial charge on any atom is -0.490 e. The van der Waals surface area contributed by atoms with Crippen LogP contribution in [0.4, 0.5) is 0 Å². The van der Waals surface area contributed by atoms with Gasteiger partial charge in [-0.05, 0) is 49.7 Å². The van der Waals surface area contributed by atoms with Crippen LogP contribution < -0.4 is 9.47 Å². The van der Waals surface area contributed by atoms with Crippen LogP contribution >= 0.6 is 0 Å². The molecule has 5 rings (SSSR count). The largest absolute Gasteiger partial charge is 0.490 e. The van der Waals surface area contributed by atoms with Crippen LogP contribution in [0.3, 0.4) is 0 Å². The first-order valence-corrected chi connectivity index (χ1v) is 22.4. The minimum absolute atomic E-state index is 0.0420. The Balaban J connectivity index is 0.943. The van der Waals surface area contributed by atoms with Crippen molar-refractivity contribution in [3.8, 4) is 34.3 Å². The monoisotopic (exact) mass is 848 g/mol. The van der Waals surface area contributed by atoms with Gasteiger partial charge in [0.1, 0.15) is 0 Å². The van der Waals surface area contributed by atoms with E-state index in [4.69, 9.17) is 28.4 Å². The zero-order chi connectivity index (χ0) is 43.5. The lowest BCUT2D eigenvalue weighted by Crippen LogP contribution is -2.34. The van der Waals surface area contributed by atoms with Gasteiger partial charge in [0, 0.05) is 23.3 Å². The number of hydrogen-bond acceptors (Lipinski definition) is 12. The van der Waals surface area contributed by atoms with Gasteiger partial charge in [0.15, 0.2) is 23.1 Å². The van der Waals surface area contributed by atoms with Gasteiger partial charge in [-0.1, -0.05) is 126 Å². The van der Waals surface area contributed by atoms with Crippen LogP contribution in [0.5, 0.6) is 11.5 Å². The molecular weight excluding hydrogens is 785 g/mol. The standard InChI is InChI=1S/C50H64N4O8/c1-3-47(55)59-31-17-11-7-5-9-15-29-57-43-33-51-49(52-34-43)41-25-21-39(22-26-41)37-61-45-19-13-14-20-46(45)62-38-40-23-27-42(28-24-40)50-53-35-44(36-54-50)58-30-16-10-6-8-12-18-32-60-48(56)4-2/h3-4,21-28,33-36,45-46H,1-2,5-20,29-32,37-38H2/t45-,46-/m1/s1. The van der Waals surface area contributed by atoms with Gasteiger partial charge in [-0.15, -0.1) is 0 Å². The van der Waals surface area contributed by atoms with Crippen molar-refractivity contribution in [2.75, 3.05) is 26.4 Å². The lowest BCUT2D eigenvalue weighted by molar-refractivity contribution is -0.138. The summed E-state index contributed by atoms with van der Waals surface area (Å²) in [6.07, 6.45) is 26.0. The number of unbranched alkanes of at least 4 members (excludes halogenated alkanes) is 10. The van der Waals surface area contributed by atoms with E-state index >= 15 is 0 Å². The highest BCUT2D eigenvalue weighted by Crippen LogP contribution is 2.27. The summed E-state index contributed by atoms with van der Waals surface area (Å²) in [6.45, 7) is 10.00. The Bertz CT molecular complexity index is 1750. The highest BCUT2D eigenvalue weighted by molar-refractivity contribution is 5.81. The van der Waals surface area contributed by atoms with Gasteiger partial charge in [-0.2, -0.15) is 0 Å². The number of rotatable bonds is 30. The van der Waals surface area contributed by atoms with E-state index in [0.717, 1.165) is 125 Å². The molecule has 0 bridgehead atoms. The molecule has 1 saturated carbocycles. The van der Waals surface area contributed by atoms with Gasteiger partial charge in [0.25, 0.3) is 0 Å². The Hall–Kier alpha value is -5.46. The van der Waals surface area contributed by atoms with E-state index in [1.165, 1.54) is 12.2 Å². The van der Waals surface area contributed by atoms with E-state index in [1.54, 1.807) is 24.8 Å². The van der Waals surface area contributed by atoms with Crippen molar-refractivity contribution in [2.45, 2.75) is 128 Å². The summed E-state index contributed by atoms with van der Waals surface area (Å²) in [5.41, 5.74) is 4.07. The summed E-state index contributed by atoms with van der Waals surface area (Å²) in [5.74, 6) is 1.93. The molecule has 1 aliphatic carbocycles. The molecule has 12 nitrogen and oxygen atoms in total. The zero-order valence-electron chi connectivity index (χ0n) is 36.3. The van der Waals surface area contributed by atoms with Crippen molar-refractivity contribution in [3.05, 3.63) is 110 Å². The van der Waals surface area contributed by atoms with E-state index in [0.29, 0.717) is 62.8 Å². The molecule has 1 fully saturated rings. The number of nitrogens with zero attached hydrogens (tertiary/aromatic N) is 4. The third-order valence-electron chi connectivity index (χ3n) is 10.7. The number of benzene rings is 2. The van der Waals surface area contributed by atoms with Gasteiger partial charge >= 0.3 is 11.9 Å². The Kier molecular flexibility index (Phi) is 21.6. The molecule has 332 valence electrons. The van der Waals surface area contributed by atoms with Crippen LogP contribution in [0.2, 0.25) is 0 Å². The number of aromatic nitrogens is 4. The first-order chi connectivity index (χ1) is 30.5. The molecule has 0 aliphatic heterocycles. The van der Waals surface area contributed by atoms with Crippen molar-refractivity contribution in [3.63, 3.8) is 0 Å². The molecule has 2 aromatic carbocycles. The molecule has 2 atom stereocenters. The van der Waals surface area contributed by atoms with E-state index in [2.05, 4.69) is 57.4 Å². The number of ether oxygens (including phenoxy) is 6. The second kappa shape index (κ2) is 28.2. The van der Waals surface area contributed by atoms with Gasteiger partial charge in [0.2, 0.25) is 0 Å². The quantitative estimate of drug-likeness (QED) is 0.0280. The van der Waals surface area contributed by atoms with Crippen LogP contribution in [0, 0.1) is 0 Å². The third kappa shape index (κ3) is 17.9. The van der Waals surface area contributed by atoms with E-state index in [9.17, 15) is 9.59 Å². The predicted octanol–water partition coefficient (Wildman–Crippen LogP) is 10.5. The number of esters is 2. The average Bonchev–Trinajstić information content (AvgIpc) is 3.32. The Morgan fingerprint density at radius 3 is 1.19 bits per heavy atom. The summed E-state index contributed by atoms with van der Waals surface area (Å²) < 4.78 is 34.6. The smallest absolute Gasteiger partial charge is 0.330 e. The summed E-state index contributed by atoms with van der Waals surface area (Å²) in [6, 6.07) is 16.4. The number of hydrogen-bond donors (Lipinski definition) is 0. The maximum atomic E-state index is 11.1. The van der Waals surface area contributed by atoms with Gasteiger partial charge in [0.05, 0.1) is 76.6 Å². The van der Waals surface area contributed by atoms with E-state index in [-0.39, 0.29) is 24.1 Å². The van der Waals surface area contributed by atoms with Crippen LogP contribution in [0.15, 0.2) is 98.6 Å². The molecule has 2 aromatic heterocycles. The normalized spacial score (nSPS) is 14.8. The molecule has 12 heteroatoms. The molecule has 0 unspecified atom stereocenters. The van der Waals surface area contributed by atoms with Crippen molar-refractivity contribution >= 4 is 11.9 Å². The molecule has 0 N–H and O–H groups in total. The van der Waals surface area contributed by atoms with Gasteiger partial charge in [-0.25, -0.2) is 29.5 Å². The molecule has 0 saturated heterocycles. The van der Waals surface area contributed by atoms with Crippen molar-refractivity contribution < 1.29 is 38.0 Å². The summed E-state index contributed by atoms with van der Waals surface area (Å²) in [4.78, 5) is 40.3. The molecule has 0 amide bonds. The average molecular weight is 849 g/mol. The third-order valence-corrected chi connectivity index (χ3v) is 10.7. The minimum atomic E-state index is -0.358. The number of carbonyl (C=O) groups is 2. The lowest BCUT2D eigenvalue weighted by Gasteiger charge is -2.31. The fourth-order valence-corrected chi connectivity index (χ4v) is 7.10. The van der Waals surface area contributed by atoms with Crippen molar-refractivity contribution in [1.29, 1.82) is 0 Å². The predicted molar refractivity (Wildman–Crippen MR) is 239 cm³/mol. The molecule has 62 heavy (non-hydrogen) atoms. The highest BCUT2D eigenvalue weighted by Gasteiger charge is 2.26. The summed E-state index contributed by atoms with van der Waals surface area (Å²) in [5, 5.41) is 0. The van der Waals surface area contributed by atoms with Gasteiger partial charge < -0.3 is 28.4 Å². The van der Waals surface area contributed by atoms with Crippen LogP contribution in [0.25, 0.3) is 22.8 Å². The first kappa shape index (κ1) is 47.6. The summed E-state index contributed by atoms with van der Waals surface area (Å²) >= 11 is 0. The maximum Gasteiger partial charge on any atom is 0.330 e. The molecular formula is C50H64N4O8. The van der Waals surface area contributed by atoms with Gasteiger partial charge in [-0.3, -0.25) is 0 Å². The lowest BCUT2D eigenvalue weighted by atomic mass is 9.94. The number of carbonyl (C=O) groups excluding carboxylic acids is 2. The van der Waals surface area contributed by atoms with E-state index < -0.39 is 0 Å². The molecule has 0 radical (unpaired) electrons.